The first-order chi connectivity index (χ1) is 10.8. The van der Waals surface area contributed by atoms with Crippen LogP contribution in [0, 0.1) is 0 Å². The SMILES string of the molecule is O=C(NCCn1ccnc1-c1ccccn1)NC1CCCC1. The molecule has 22 heavy (non-hydrogen) atoms. The largest absolute Gasteiger partial charge is 0.336 e. The van der Waals surface area contributed by atoms with E-state index in [0.717, 1.165) is 24.4 Å². The van der Waals surface area contributed by atoms with Crippen LogP contribution in [0.2, 0.25) is 0 Å². The van der Waals surface area contributed by atoms with Gasteiger partial charge in [-0.05, 0) is 25.0 Å². The number of nitrogens with one attached hydrogen (secondary N) is 2. The van der Waals surface area contributed by atoms with Gasteiger partial charge in [0.1, 0.15) is 5.69 Å². The highest BCUT2D eigenvalue weighted by Gasteiger charge is 2.16. The molecule has 3 rings (SSSR count). The number of carbonyl (C=O) groups excluding carboxylic acids is 1. The second kappa shape index (κ2) is 7.06. The molecule has 0 unspecified atom stereocenters. The summed E-state index contributed by atoms with van der Waals surface area (Å²) in [6, 6.07) is 6.02. The Bertz CT molecular complexity index is 604. The first-order valence-corrected chi connectivity index (χ1v) is 7.80. The van der Waals surface area contributed by atoms with Crippen LogP contribution in [0.3, 0.4) is 0 Å². The number of amides is 2. The number of hydrogen-bond donors (Lipinski definition) is 2. The van der Waals surface area contributed by atoms with Crippen molar-refractivity contribution < 1.29 is 4.79 Å². The lowest BCUT2D eigenvalue weighted by Crippen LogP contribution is -2.41. The second-order valence-corrected chi connectivity index (χ2v) is 5.54. The predicted octanol–water partition coefficient (Wildman–Crippen LogP) is 2.19. The highest BCUT2D eigenvalue weighted by molar-refractivity contribution is 5.74. The molecule has 1 aliphatic carbocycles. The van der Waals surface area contributed by atoms with Gasteiger partial charge in [0, 0.05) is 37.7 Å². The van der Waals surface area contributed by atoms with Crippen LogP contribution in [0.15, 0.2) is 36.8 Å². The zero-order chi connectivity index (χ0) is 15.2. The lowest BCUT2D eigenvalue weighted by atomic mass is 10.2. The maximum atomic E-state index is 11.8. The molecule has 1 fully saturated rings. The average molecular weight is 299 g/mol. The number of urea groups is 1. The normalized spacial score (nSPS) is 14.9. The average Bonchev–Trinajstić information content (AvgIpc) is 3.20. The van der Waals surface area contributed by atoms with E-state index in [-0.39, 0.29) is 6.03 Å². The van der Waals surface area contributed by atoms with Crippen molar-refractivity contribution in [2.75, 3.05) is 6.54 Å². The Balaban J connectivity index is 1.50. The summed E-state index contributed by atoms with van der Waals surface area (Å²) >= 11 is 0. The highest BCUT2D eigenvalue weighted by atomic mass is 16.2. The van der Waals surface area contributed by atoms with E-state index in [2.05, 4.69) is 20.6 Å². The van der Waals surface area contributed by atoms with Gasteiger partial charge in [0.25, 0.3) is 0 Å². The Morgan fingerprint density at radius 3 is 2.86 bits per heavy atom. The van der Waals surface area contributed by atoms with Gasteiger partial charge < -0.3 is 15.2 Å². The fourth-order valence-electron chi connectivity index (χ4n) is 2.81. The van der Waals surface area contributed by atoms with Gasteiger partial charge in [-0.1, -0.05) is 18.9 Å². The Morgan fingerprint density at radius 2 is 2.09 bits per heavy atom. The summed E-state index contributed by atoms with van der Waals surface area (Å²) in [6.07, 6.45) is 10.0. The quantitative estimate of drug-likeness (QED) is 0.889. The van der Waals surface area contributed by atoms with Crippen molar-refractivity contribution in [3.63, 3.8) is 0 Å². The maximum absolute atomic E-state index is 11.8. The van der Waals surface area contributed by atoms with E-state index in [9.17, 15) is 4.79 Å². The van der Waals surface area contributed by atoms with Gasteiger partial charge >= 0.3 is 6.03 Å². The lowest BCUT2D eigenvalue weighted by Gasteiger charge is -2.13. The topological polar surface area (TPSA) is 71.8 Å². The predicted molar refractivity (Wildman–Crippen MR) is 84.2 cm³/mol. The molecule has 0 aliphatic heterocycles. The molecule has 2 N–H and O–H groups in total. The Hall–Kier alpha value is -2.37. The van der Waals surface area contributed by atoms with Crippen LogP contribution in [0.25, 0.3) is 11.5 Å². The van der Waals surface area contributed by atoms with Gasteiger partial charge in [0.2, 0.25) is 0 Å². The van der Waals surface area contributed by atoms with E-state index in [4.69, 9.17) is 0 Å². The van der Waals surface area contributed by atoms with E-state index in [1.165, 1.54) is 12.8 Å². The standard InChI is InChI=1S/C16H21N5O/c22-16(20-13-5-1-2-6-13)19-10-12-21-11-9-18-15(21)14-7-3-4-8-17-14/h3-4,7-9,11,13H,1-2,5-6,10,12H2,(H2,19,20,22). The molecule has 2 aromatic heterocycles. The number of nitrogens with zero attached hydrogens (tertiary/aromatic N) is 3. The minimum atomic E-state index is -0.0774. The number of imidazole rings is 1. The number of aromatic nitrogens is 3. The molecule has 116 valence electrons. The van der Waals surface area contributed by atoms with Crippen molar-refractivity contribution >= 4 is 6.03 Å². The summed E-state index contributed by atoms with van der Waals surface area (Å²) in [5.41, 5.74) is 0.836. The molecule has 2 amide bonds. The van der Waals surface area contributed by atoms with Crippen LogP contribution in [-0.2, 0) is 6.54 Å². The van der Waals surface area contributed by atoms with Gasteiger partial charge in [-0.15, -0.1) is 0 Å². The van der Waals surface area contributed by atoms with Gasteiger partial charge in [-0.2, -0.15) is 0 Å². The Labute approximate surface area is 130 Å². The van der Waals surface area contributed by atoms with Crippen LogP contribution in [0.5, 0.6) is 0 Å². The lowest BCUT2D eigenvalue weighted by molar-refractivity contribution is 0.236. The molecule has 1 aliphatic rings. The fraction of sp³-hybridized carbons (Fsp3) is 0.438. The van der Waals surface area contributed by atoms with Crippen molar-refractivity contribution in [3.8, 4) is 11.5 Å². The third-order valence-corrected chi connectivity index (χ3v) is 3.94. The third kappa shape index (κ3) is 3.63. The van der Waals surface area contributed by atoms with Gasteiger partial charge in [0.15, 0.2) is 5.82 Å². The van der Waals surface area contributed by atoms with Crippen LogP contribution < -0.4 is 10.6 Å². The molecular weight excluding hydrogens is 278 g/mol. The molecule has 0 spiro atoms. The molecule has 0 aromatic carbocycles. The first-order valence-electron chi connectivity index (χ1n) is 7.80. The van der Waals surface area contributed by atoms with Crippen molar-refractivity contribution in [1.82, 2.24) is 25.2 Å². The van der Waals surface area contributed by atoms with E-state index in [0.29, 0.717) is 19.1 Å². The number of pyridine rings is 1. The number of hydrogen-bond acceptors (Lipinski definition) is 3. The molecule has 0 bridgehead atoms. The van der Waals surface area contributed by atoms with E-state index in [1.807, 2.05) is 29.0 Å². The Kier molecular flexibility index (Phi) is 4.68. The van der Waals surface area contributed by atoms with Crippen molar-refractivity contribution in [2.24, 2.45) is 0 Å². The maximum Gasteiger partial charge on any atom is 0.315 e. The highest BCUT2D eigenvalue weighted by Crippen LogP contribution is 2.17. The smallest absolute Gasteiger partial charge is 0.315 e. The summed E-state index contributed by atoms with van der Waals surface area (Å²) in [4.78, 5) is 20.5. The van der Waals surface area contributed by atoms with Gasteiger partial charge in [-0.3, -0.25) is 4.98 Å². The zero-order valence-electron chi connectivity index (χ0n) is 12.5. The van der Waals surface area contributed by atoms with Gasteiger partial charge in [0.05, 0.1) is 0 Å². The van der Waals surface area contributed by atoms with Crippen LogP contribution in [-0.4, -0.2) is 33.2 Å². The molecule has 6 nitrogen and oxygen atoms in total. The molecule has 1 saturated carbocycles. The molecule has 0 radical (unpaired) electrons. The van der Waals surface area contributed by atoms with Crippen LogP contribution >= 0.6 is 0 Å². The third-order valence-electron chi connectivity index (χ3n) is 3.94. The summed E-state index contributed by atoms with van der Waals surface area (Å²) in [7, 11) is 0. The van der Waals surface area contributed by atoms with E-state index < -0.39 is 0 Å². The monoisotopic (exact) mass is 299 g/mol. The van der Waals surface area contributed by atoms with E-state index in [1.54, 1.807) is 12.4 Å². The minimum Gasteiger partial charge on any atom is -0.336 e. The van der Waals surface area contributed by atoms with Gasteiger partial charge in [-0.25, -0.2) is 9.78 Å². The van der Waals surface area contributed by atoms with Crippen molar-refractivity contribution in [1.29, 1.82) is 0 Å². The summed E-state index contributed by atoms with van der Waals surface area (Å²) < 4.78 is 2.00. The summed E-state index contributed by atoms with van der Waals surface area (Å²) in [5, 5.41) is 5.93. The molecule has 0 saturated heterocycles. The minimum absolute atomic E-state index is 0.0774. The first kappa shape index (κ1) is 14.6. The van der Waals surface area contributed by atoms with Crippen molar-refractivity contribution in [3.05, 3.63) is 36.8 Å². The molecule has 2 heterocycles. The zero-order valence-corrected chi connectivity index (χ0v) is 12.5. The van der Waals surface area contributed by atoms with E-state index >= 15 is 0 Å². The molecule has 6 heteroatoms. The van der Waals surface area contributed by atoms with Crippen molar-refractivity contribution in [2.45, 2.75) is 38.3 Å². The molecule has 2 aromatic rings. The number of carbonyl (C=O) groups is 1. The summed E-state index contributed by atoms with van der Waals surface area (Å²) in [5.74, 6) is 0.818. The summed E-state index contributed by atoms with van der Waals surface area (Å²) in [6.45, 7) is 1.23. The molecule has 0 atom stereocenters. The molecular formula is C16H21N5O. The van der Waals surface area contributed by atoms with Crippen LogP contribution in [0.1, 0.15) is 25.7 Å². The second-order valence-electron chi connectivity index (χ2n) is 5.54. The fourth-order valence-corrected chi connectivity index (χ4v) is 2.81. The number of rotatable bonds is 5. The Morgan fingerprint density at radius 1 is 1.23 bits per heavy atom. The van der Waals surface area contributed by atoms with Crippen LogP contribution in [0.4, 0.5) is 4.79 Å².